The van der Waals surface area contributed by atoms with Crippen LogP contribution in [0.15, 0.2) is 91.3 Å². The van der Waals surface area contributed by atoms with Crippen molar-refractivity contribution in [3.63, 3.8) is 0 Å². The molecule has 3 aromatic heterocycles. The van der Waals surface area contributed by atoms with Gasteiger partial charge in [0.2, 0.25) is 0 Å². The first-order valence-electron chi connectivity index (χ1n) is 14.5. The number of aromatic nitrogens is 2. The Morgan fingerprint density at radius 1 is 0.810 bits per heavy atom. The smallest absolute Gasteiger partial charge is 0.0776 e. The summed E-state index contributed by atoms with van der Waals surface area (Å²) < 4.78 is 2.69. The third-order valence-electron chi connectivity index (χ3n) is 7.83. The second-order valence-electron chi connectivity index (χ2n) is 12.3. The van der Waals surface area contributed by atoms with Crippen molar-refractivity contribution >= 4 is 44.8 Å². The number of pyridine rings is 2. The minimum atomic E-state index is -1.30. The van der Waals surface area contributed by atoms with E-state index in [1.165, 1.54) is 49.3 Å². The van der Waals surface area contributed by atoms with E-state index in [1.54, 1.807) is 0 Å². The molecule has 0 N–H and O–H groups in total. The quantitative estimate of drug-likeness (QED) is 0.129. The molecule has 1 saturated carbocycles. The van der Waals surface area contributed by atoms with Gasteiger partial charge in [-0.15, -0.1) is 59.7 Å². The van der Waals surface area contributed by atoms with Gasteiger partial charge in [-0.1, -0.05) is 80.5 Å². The Kier molecular flexibility index (Phi) is 9.24. The minimum Gasteiger partial charge on any atom is -0.304 e. The fraction of sp³-hybridized carbons (Fsp3) is 0.243. The third-order valence-corrected chi connectivity index (χ3v) is 11.1. The molecule has 1 aliphatic rings. The number of rotatable bonds is 5. The first kappa shape index (κ1) is 30.5. The van der Waals surface area contributed by atoms with Crippen LogP contribution in [0.2, 0.25) is 19.6 Å². The maximum atomic E-state index is 4.77. The van der Waals surface area contributed by atoms with Gasteiger partial charge in [-0.2, -0.15) is 11.3 Å². The predicted molar refractivity (Wildman–Crippen MR) is 179 cm³/mol. The van der Waals surface area contributed by atoms with E-state index < -0.39 is 8.07 Å². The molecule has 2 nitrogen and oxygen atoms in total. The fourth-order valence-corrected chi connectivity index (χ4v) is 7.58. The van der Waals surface area contributed by atoms with E-state index >= 15 is 0 Å². The minimum absolute atomic E-state index is 0. The van der Waals surface area contributed by atoms with Crippen LogP contribution in [0.5, 0.6) is 0 Å². The van der Waals surface area contributed by atoms with Crippen LogP contribution in [0, 0.1) is 12.1 Å². The van der Waals surface area contributed by atoms with Crippen LogP contribution < -0.4 is 5.19 Å². The molecule has 215 valence electrons. The van der Waals surface area contributed by atoms with Crippen molar-refractivity contribution in [1.82, 2.24) is 9.97 Å². The molecular formula is C37H36IrN2SSi-2. The van der Waals surface area contributed by atoms with E-state index in [-0.39, 0.29) is 20.1 Å². The first-order valence-corrected chi connectivity index (χ1v) is 18.9. The SMILES string of the molecule is CC(C)c1ccc(-c2[c-]cccc2)nc1.C[Si](C)(C)c1ccc2c(c1)sc1c(-c3ccc(C4CC4)cn3)[c-]ccc12.[Ir]. The molecular weight excluding hydrogens is 725 g/mol. The fourth-order valence-electron chi connectivity index (χ4n) is 5.07. The Bertz CT molecular complexity index is 1780. The van der Waals surface area contributed by atoms with Crippen molar-refractivity contribution in [1.29, 1.82) is 0 Å². The van der Waals surface area contributed by atoms with Gasteiger partial charge < -0.3 is 9.97 Å². The van der Waals surface area contributed by atoms with Crippen LogP contribution in [0.25, 0.3) is 42.7 Å². The second-order valence-corrected chi connectivity index (χ2v) is 18.4. The number of hydrogen-bond acceptors (Lipinski definition) is 3. The normalized spacial score (nSPS) is 13.1. The number of thiophene rings is 1. The average Bonchev–Trinajstić information content (AvgIpc) is 3.77. The van der Waals surface area contributed by atoms with Crippen LogP contribution in [-0.2, 0) is 20.1 Å². The van der Waals surface area contributed by atoms with E-state index in [9.17, 15) is 0 Å². The Labute approximate surface area is 268 Å². The number of benzene rings is 3. The molecule has 0 spiro atoms. The molecule has 6 aromatic rings. The zero-order chi connectivity index (χ0) is 28.6. The van der Waals surface area contributed by atoms with E-state index in [2.05, 4.69) is 105 Å². The molecule has 0 aliphatic heterocycles. The van der Waals surface area contributed by atoms with E-state index in [4.69, 9.17) is 4.98 Å². The van der Waals surface area contributed by atoms with Gasteiger partial charge >= 0.3 is 0 Å². The van der Waals surface area contributed by atoms with Crippen LogP contribution in [0.3, 0.4) is 0 Å². The van der Waals surface area contributed by atoms with E-state index in [0.717, 1.165) is 28.4 Å². The molecule has 3 aromatic carbocycles. The summed E-state index contributed by atoms with van der Waals surface area (Å²) >= 11 is 1.89. The molecule has 0 unspecified atom stereocenters. The van der Waals surface area contributed by atoms with Crippen molar-refractivity contribution in [3.8, 4) is 22.5 Å². The molecule has 0 bridgehead atoms. The predicted octanol–water partition coefficient (Wildman–Crippen LogP) is 10.0. The first-order chi connectivity index (χ1) is 19.8. The molecule has 7 rings (SSSR count). The summed E-state index contributed by atoms with van der Waals surface area (Å²) in [6.45, 7) is 11.6. The Hall–Kier alpha value is -2.95. The second kappa shape index (κ2) is 12.7. The molecule has 0 atom stereocenters. The Balaban J connectivity index is 0.000000189. The third kappa shape index (κ3) is 6.66. The topological polar surface area (TPSA) is 25.8 Å². The molecule has 0 saturated heterocycles. The van der Waals surface area contributed by atoms with Gasteiger partial charge in [0, 0.05) is 37.2 Å². The van der Waals surface area contributed by atoms with Crippen molar-refractivity contribution in [2.24, 2.45) is 0 Å². The molecule has 1 radical (unpaired) electrons. The Morgan fingerprint density at radius 2 is 1.60 bits per heavy atom. The van der Waals surface area contributed by atoms with Gasteiger partial charge in [0.15, 0.2) is 0 Å². The zero-order valence-corrected chi connectivity index (χ0v) is 29.1. The molecule has 1 aliphatic carbocycles. The average molecular weight is 761 g/mol. The zero-order valence-electron chi connectivity index (χ0n) is 24.9. The maximum absolute atomic E-state index is 4.77. The van der Waals surface area contributed by atoms with Crippen molar-refractivity contribution in [2.45, 2.75) is 58.2 Å². The van der Waals surface area contributed by atoms with Gasteiger partial charge in [0.05, 0.1) is 8.07 Å². The molecule has 3 heterocycles. The summed E-state index contributed by atoms with van der Waals surface area (Å²) in [7, 11) is -1.30. The van der Waals surface area contributed by atoms with Crippen LogP contribution in [0.1, 0.15) is 49.7 Å². The van der Waals surface area contributed by atoms with Gasteiger partial charge in [-0.05, 0) is 63.3 Å². The largest absolute Gasteiger partial charge is 0.304 e. The van der Waals surface area contributed by atoms with Gasteiger partial charge in [-0.3, -0.25) is 0 Å². The number of nitrogens with zero attached hydrogens (tertiary/aromatic N) is 2. The van der Waals surface area contributed by atoms with Gasteiger partial charge in [0.1, 0.15) is 0 Å². The van der Waals surface area contributed by atoms with Crippen molar-refractivity contribution in [3.05, 3.63) is 115 Å². The molecule has 5 heteroatoms. The summed E-state index contributed by atoms with van der Waals surface area (Å²) in [6.07, 6.45) is 6.65. The maximum Gasteiger partial charge on any atom is 0.0776 e. The van der Waals surface area contributed by atoms with E-state index in [0.29, 0.717) is 5.92 Å². The van der Waals surface area contributed by atoms with E-state index in [1.807, 2.05) is 47.9 Å². The monoisotopic (exact) mass is 761 g/mol. The summed E-state index contributed by atoms with van der Waals surface area (Å²) in [5.41, 5.74) is 6.87. The van der Waals surface area contributed by atoms with Crippen LogP contribution in [0.4, 0.5) is 0 Å². The Morgan fingerprint density at radius 3 is 2.21 bits per heavy atom. The summed E-state index contributed by atoms with van der Waals surface area (Å²) in [4.78, 5) is 9.21. The van der Waals surface area contributed by atoms with Crippen LogP contribution >= 0.6 is 11.3 Å². The molecule has 1 fully saturated rings. The molecule has 0 amide bonds. The summed E-state index contributed by atoms with van der Waals surface area (Å²) in [5, 5.41) is 4.21. The van der Waals surface area contributed by atoms with Gasteiger partial charge in [0.25, 0.3) is 0 Å². The van der Waals surface area contributed by atoms with Gasteiger partial charge in [-0.25, -0.2) is 0 Å². The number of fused-ring (bicyclic) bond motifs is 3. The summed E-state index contributed by atoms with van der Waals surface area (Å²) in [6, 6.07) is 34.5. The summed E-state index contributed by atoms with van der Waals surface area (Å²) in [5.74, 6) is 1.28. The molecule has 42 heavy (non-hydrogen) atoms. The van der Waals surface area contributed by atoms with Crippen LogP contribution in [-0.4, -0.2) is 18.0 Å². The van der Waals surface area contributed by atoms with Crippen molar-refractivity contribution < 1.29 is 20.1 Å². The standard InChI is InChI=1S/C23H22NSSi.C14H14N.Ir/c1-26(2,3)17-10-11-18-19-5-4-6-20(23(19)25-22(18)13-17)21-12-9-16(14-24-21)15-7-8-15;1-11(2)13-8-9-14(15-10-13)12-6-4-3-5-7-12;/h4-5,9-15H,7-8H2,1-3H3;3-6,8-11H,1-2H3;/q2*-1;. The van der Waals surface area contributed by atoms with Crippen molar-refractivity contribution in [2.75, 3.05) is 0 Å². The number of hydrogen-bond donors (Lipinski definition) is 0.